The summed E-state index contributed by atoms with van der Waals surface area (Å²) in [5, 5.41) is 0. The van der Waals surface area contributed by atoms with E-state index in [2.05, 4.69) is 0 Å². The van der Waals surface area contributed by atoms with Gasteiger partial charge in [0.1, 0.15) is 0 Å². The molecule has 0 aromatic heterocycles. The molecule has 1 saturated carbocycles. The maximum atomic E-state index is 11.9. The van der Waals surface area contributed by atoms with Crippen molar-refractivity contribution in [1.82, 2.24) is 0 Å². The maximum Gasteiger partial charge on any atom is 0.203 e. The van der Waals surface area contributed by atoms with E-state index in [0.29, 0.717) is 23.7 Å². The van der Waals surface area contributed by atoms with Gasteiger partial charge in [-0.3, -0.25) is 4.79 Å². The number of rotatable bonds is 4. The Balaban J connectivity index is 2.41. The molecule has 108 valence electrons. The maximum absolute atomic E-state index is 11.9. The quantitative estimate of drug-likeness (QED) is 0.792. The van der Waals surface area contributed by atoms with Gasteiger partial charge in [-0.15, -0.1) is 0 Å². The van der Waals surface area contributed by atoms with E-state index in [1.165, 1.54) is 0 Å². The van der Waals surface area contributed by atoms with Crippen LogP contribution in [0.25, 0.3) is 6.08 Å². The minimum absolute atomic E-state index is 0.241. The molecule has 1 fully saturated rings. The van der Waals surface area contributed by atoms with Crippen molar-refractivity contribution in [2.24, 2.45) is 0 Å². The Labute approximate surface area is 119 Å². The summed E-state index contributed by atoms with van der Waals surface area (Å²) in [4.78, 5) is 11.9. The topological polar surface area (TPSA) is 44.8 Å². The molecule has 0 heterocycles. The van der Waals surface area contributed by atoms with E-state index in [-0.39, 0.29) is 5.78 Å². The van der Waals surface area contributed by atoms with E-state index in [1.54, 1.807) is 21.3 Å². The highest BCUT2D eigenvalue weighted by Crippen LogP contribution is 2.39. The first-order valence-corrected chi connectivity index (χ1v) is 6.73. The number of ketones is 1. The first kappa shape index (κ1) is 14.4. The number of Topliss-reactive ketones (excluding diaryl/α,β-unsaturated/α-hetero) is 1. The Kier molecular flexibility index (Phi) is 4.66. The number of ether oxygens (including phenoxy) is 3. The van der Waals surface area contributed by atoms with Crippen molar-refractivity contribution in [1.29, 1.82) is 0 Å². The van der Waals surface area contributed by atoms with Crippen LogP contribution in [0.5, 0.6) is 17.2 Å². The van der Waals surface area contributed by atoms with E-state index >= 15 is 0 Å². The van der Waals surface area contributed by atoms with E-state index in [9.17, 15) is 4.79 Å². The first-order valence-electron chi connectivity index (χ1n) is 6.73. The zero-order valence-electron chi connectivity index (χ0n) is 12.2. The number of methoxy groups -OCH3 is 3. The monoisotopic (exact) mass is 276 g/mol. The molecule has 0 atom stereocenters. The van der Waals surface area contributed by atoms with E-state index < -0.39 is 0 Å². The predicted molar refractivity (Wildman–Crippen MR) is 77.6 cm³/mol. The highest BCUT2D eigenvalue weighted by Gasteiger charge is 2.16. The van der Waals surface area contributed by atoms with Crippen LogP contribution in [0.1, 0.15) is 31.2 Å². The lowest BCUT2D eigenvalue weighted by molar-refractivity contribution is -0.116. The molecule has 0 bridgehead atoms. The molecule has 0 unspecified atom stereocenters. The van der Waals surface area contributed by atoms with E-state index in [1.807, 2.05) is 18.2 Å². The van der Waals surface area contributed by atoms with Crippen molar-refractivity contribution in [3.8, 4) is 17.2 Å². The van der Waals surface area contributed by atoms with Crippen molar-refractivity contribution in [2.45, 2.75) is 25.7 Å². The smallest absolute Gasteiger partial charge is 0.203 e. The summed E-state index contributed by atoms with van der Waals surface area (Å²) in [6, 6.07) is 3.71. The zero-order chi connectivity index (χ0) is 14.5. The van der Waals surface area contributed by atoms with Gasteiger partial charge < -0.3 is 14.2 Å². The summed E-state index contributed by atoms with van der Waals surface area (Å²) in [7, 11) is 4.74. The molecule has 0 N–H and O–H groups in total. The van der Waals surface area contributed by atoms with Crippen molar-refractivity contribution < 1.29 is 19.0 Å². The van der Waals surface area contributed by atoms with Crippen molar-refractivity contribution in [3.63, 3.8) is 0 Å². The van der Waals surface area contributed by atoms with Crippen molar-refractivity contribution >= 4 is 11.9 Å². The minimum Gasteiger partial charge on any atom is -0.493 e. The Morgan fingerprint density at radius 3 is 2.05 bits per heavy atom. The molecule has 1 aliphatic rings. The summed E-state index contributed by atoms with van der Waals surface area (Å²) >= 11 is 0. The van der Waals surface area contributed by atoms with Crippen LogP contribution in [-0.2, 0) is 4.79 Å². The number of carbonyl (C=O) groups is 1. The second kappa shape index (κ2) is 6.46. The lowest BCUT2D eigenvalue weighted by atomic mass is 9.92. The largest absolute Gasteiger partial charge is 0.493 e. The third kappa shape index (κ3) is 2.95. The summed E-state index contributed by atoms with van der Waals surface area (Å²) in [5.74, 6) is 2.00. The lowest BCUT2D eigenvalue weighted by Gasteiger charge is -2.15. The molecule has 0 saturated heterocycles. The second-order valence-corrected chi connectivity index (χ2v) is 4.76. The summed E-state index contributed by atoms with van der Waals surface area (Å²) in [5.41, 5.74) is 1.77. The second-order valence-electron chi connectivity index (χ2n) is 4.76. The third-order valence-corrected chi connectivity index (χ3v) is 3.49. The molecule has 20 heavy (non-hydrogen) atoms. The van der Waals surface area contributed by atoms with Gasteiger partial charge >= 0.3 is 0 Å². The standard InChI is InChI=1S/C16H20O4/c1-18-14-9-11(10-15(19-2)16(14)20-3)8-12-6-4-5-7-13(12)17/h8-10H,4-7H2,1-3H3/b12-8-. The van der Waals surface area contributed by atoms with Gasteiger partial charge in [-0.05, 0) is 48.6 Å². The number of hydrogen-bond donors (Lipinski definition) is 0. The van der Waals surface area contributed by atoms with Crippen molar-refractivity contribution in [2.75, 3.05) is 21.3 Å². The van der Waals surface area contributed by atoms with Crippen LogP contribution in [0.4, 0.5) is 0 Å². The predicted octanol–water partition coefficient (Wildman–Crippen LogP) is 3.24. The Bertz CT molecular complexity index is 506. The fourth-order valence-electron chi connectivity index (χ4n) is 2.44. The molecule has 1 aromatic carbocycles. The van der Waals surface area contributed by atoms with Crippen LogP contribution >= 0.6 is 0 Å². The molecular weight excluding hydrogens is 256 g/mol. The molecule has 0 radical (unpaired) electrons. The number of hydrogen-bond acceptors (Lipinski definition) is 4. The van der Waals surface area contributed by atoms with Gasteiger partial charge in [0.05, 0.1) is 21.3 Å². The number of carbonyl (C=O) groups excluding carboxylic acids is 1. The van der Waals surface area contributed by atoms with Gasteiger partial charge in [-0.1, -0.05) is 0 Å². The number of benzene rings is 1. The van der Waals surface area contributed by atoms with Gasteiger partial charge in [0.25, 0.3) is 0 Å². The molecule has 0 spiro atoms. The normalized spacial score (nSPS) is 17.1. The van der Waals surface area contributed by atoms with Crippen LogP contribution in [0.15, 0.2) is 17.7 Å². The molecule has 0 aliphatic heterocycles. The molecule has 4 nitrogen and oxygen atoms in total. The first-order chi connectivity index (χ1) is 9.69. The highest BCUT2D eigenvalue weighted by molar-refractivity contribution is 6.00. The van der Waals surface area contributed by atoms with Gasteiger partial charge in [0.2, 0.25) is 5.75 Å². The fraction of sp³-hybridized carbons (Fsp3) is 0.438. The summed E-state index contributed by atoms with van der Waals surface area (Å²) in [6.45, 7) is 0. The molecular formula is C16H20O4. The molecule has 0 amide bonds. The van der Waals surface area contributed by atoms with Crippen LogP contribution in [0, 0.1) is 0 Å². The number of allylic oxidation sites excluding steroid dienone is 1. The van der Waals surface area contributed by atoms with Gasteiger partial charge in [-0.2, -0.15) is 0 Å². The van der Waals surface area contributed by atoms with Crippen molar-refractivity contribution in [3.05, 3.63) is 23.3 Å². The molecule has 1 aliphatic carbocycles. The molecule has 1 aromatic rings. The van der Waals surface area contributed by atoms with E-state index in [0.717, 1.165) is 30.4 Å². The van der Waals surface area contributed by atoms with Gasteiger partial charge in [-0.25, -0.2) is 0 Å². The molecule has 4 heteroatoms. The van der Waals surface area contributed by atoms with E-state index in [4.69, 9.17) is 14.2 Å². The Hall–Kier alpha value is -1.97. The zero-order valence-corrected chi connectivity index (χ0v) is 12.2. The average Bonchev–Trinajstić information content (AvgIpc) is 2.48. The van der Waals surface area contributed by atoms with Crippen LogP contribution in [0.2, 0.25) is 0 Å². The third-order valence-electron chi connectivity index (χ3n) is 3.49. The van der Waals surface area contributed by atoms with Crippen LogP contribution < -0.4 is 14.2 Å². The SMILES string of the molecule is COc1cc(/C=C2/CCCCC2=O)cc(OC)c1OC. The minimum atomic E-state index is 0.241. The Morgan fingerprint density at radius 2 is 1.55 bits per heavy atom. The summed E-state index contributed by atoms with van der Waals surface area (Å²) < 4.78 is 15.9. The fourth-order valence-corrected chi connectivity index (χ4v) is 2.44. The Morgan fingerprint density at radius 1 is 0.950 bits per heavy atom. The highest BCUT2D eigenvalue weighted by atomic mass is 16.5. The lowest BCUT2D eigenvalue weighted by Crippen LogP contribution is -2.08. The molecule has 2 rings (SSSR count). The summed E-state index contributed by atoms with van der Waals surface area (Å²) in [6.07, 6.45) is 5.48. The van der Waals surface area contributed by atoms with Crippen LogP contribution in [0.3, 0.4) is 0 Å². The average molecular weight is 276 g/mol. The van der Waals surface area contributed by atoms with Gasteiger partial charge in [0.15, 0.2) is 17.3 Å². The van der Waals surface area contributed by atoms with Crippen LogP contribution in [-0.4, -0.2) is 27.1 Å². The van der Waals surface area contributed by atoms with Gasteiger partial charge in [0, 0.05) is 6.42 Å².